The molecule has 1 aromatic carbocycles. The molecule has 1 N–H and O–H groups in total. The number of hydrogen-bond acceptors (Lipinski definition) is 3. The molecule has 0 saturated heterocycles. The molecular formula is C28H37F3O3. The highest BCUT2D eigenvalue weighted by Gasteiger charge is 2.29. The van der Waals surface area contributed by atoms with Crippen molar-refractivity contribution in [2.45, 2.75) is 75.4 Å². The van der Waals surface area contributed by atoms with Gasteiger partial charge in [0.2, 0.25) is 0 Å². The second kappa shape index (κ2) is 13.5. The highest BCUT2D eigenvalue weighted by Crippen LogP contribution is 2.40. The van der Waals surface area contributed by atoms with Crippen LogP contribution in [0.1, 0.15) is 74.3 Å². The average Bonchev–Trinajstić information content (AvgIpc) is 2.86. The SMILES string of the molecule is C=C.C=C(/C=C(/F)C(=C)COC1CCC(c2ccc(C3CCC(O)CC3)c(F)c2F)CC1)OC. The third-order valence-corrected chi connectivity index (χ3v) is 6.77. The molecule has 1 aromatic rings. The Bertz CT molecular complexity index is 864. The molecule has 0 spiro atoms. The van der Waals surface area contributed by atoms with Crippen LogP contribution in [0.2, 0.25) is 0 Å². The lowest BCUT2D eigenvalue weighted by Gasteiger charge is -2.30. The molecule has 0 amide bonds. The van der Waals surface area contributed by atoms with Gasteiger partial charge in [-0.3, -0.25) is 0 Å². The van der Waals surface area contributed by atoms with Crippen LogP contribution in [0.5, 0.6) is 0 Å². The number of methoxy groups -OCH3 is 1. The number of benzene rings is 1. The van der Waals surface area contributed by atoms with Gasteiger partial charge in [-0.15, -0.1) is 13.2 Å². The smallest absolute Gasteiger partial charge is 0.162 e. The molecule has 0 bridgehead atoms. The Morgan fingerprint density at radius 3 is 1.88 bits per heavy atom. The molecule has 0 heterocycles. The Labute approximate surface area is 201 Å². The summed E-state index contributed by atoms with van der Waals surface area (Å²) in [6.07, 6.45) is 6.14. The summed E-state index contributed by atoms with van der Waals surface area (Å²) in [4.78, 5) is 0. The Hall–Kier alpha value is -2.31. The Morgan fingerprint density at radius 1 is 0.941 bits per heavy atom. The van der Waals surface area contributed by atoms with E-state index in [-0.39, 0.29) is 42.0 Å². The topological polar surface area (TPSA) is 38.7 Å². The molecule has 2 fully saturated rings. The minimum Gasteiger partial charge on any atom is -0.497 e. The molecule has 3 rings (SSSR count). The molecule has 0 unspecified atom stereocenters. The van der Waals surface area contributed by atoms with Gasteiger partial charge in [0.1, 0.15) is 11.6 Å². The minimum atomic E-state index is -0.739. The number of aliphatic hydroxyl groups is 1. The fourth-order valence-corrected chi connectivity index (χ4v) is 4.73. The van der Waals surface area contributed by atoms with Gasteiger partial charge in [-0.2, -0.15) is 0 Å². The second-order valence-electron chi connectivity index (χ2n) is 8.93. The lowest BCUT2D eigenvalue weighted by atomic mass is 9.79. The molecule has 3 nitrogen and oxygen atoms in total. The van der Waals surface area contributed by atoms with Gasteiger partial charge in [0.25, 0.3) is 0 Å². The predicted molar refractivity (Wildman–Crippen MR) is 130 cm³/mol. The normalized spacial score (nSPS) is 25.1. The Kier molecular flexibility index (Phi) is 11.1. The van der Waals surface area contributed by atoms with Crippen LogP contribution >= 0.6 is 0 Å². The van der Waals surface area contributed by atoms with E-state index in [1.807, 2.05) is 0 Å². The van der Waals surface area contributed by atoms with E-state index in [0.29, 0.717) is 62.5 Å². The van der Waals surface area contributed by atoms with Crippen LogP contribution in [0.3, 0.4) is 0 Å². The minimum absolute atomic E-state index is 0.0327. The summed E-state index contributed by atoms with van der Waals surface area (Å²) in [6, 6.07) is 3.46. The van der Waals surface area contributed by atoms with Crippen LogP contribution in [0.4, 0.5) is 13.2 Å². The number of halogens is 3. The highest BCUT2D eigenvalue weighted by molar-refractivity contribution is 5.32. The summed E-state index contributed by atoms with van der Waals surface area (Å²) in [5.41, 5.74) is 1.07. The largest absolute Gasteiger partial charge is 0.497 e. The van der Waals surface area contributed by atoms with E-state index >= 15 is 0 Å². The first kappa shape index (κ1) is 27.9. The molecule has 0 aliphatic heterocycles. The van der Waals surface area contributed by atoms with Crippen LogP contribution < -0.4 is 0 Å². The van der Waals surface area contributed by atoms with Crippen LogP contribution in [-0.2, 0) is 9.47 Å². The lowest BCUT2D eigenvalue weighted by Crippen LogP contribution is -2.23. The van der Waals surface area contributed by atoms with Crippen molar-refractivity contribution in [3.63, 3.8) is 0 Å². The molecule has 2 aliphatic carbocycles. The summed E-state index contributed by atoms with van der Waals surface area (Å²) in [5.74, 6) is -1.90. The lowest BCUT2D eigenvalue weighted by molar-refractivity contribution is 0.0382. The standard InChI is InChI=1S/C26H33F3O3.C2H4/c1-16(24(27)14-17(2)31-3)15-32-21-10-6-19(7-11-21)23-13-12-22(25(28)26(23)29)18-4-8-20(30)9-5-18;1-2/h12-14,18-21,30H,1-2,4-11,15H2,3H3;1-2H2/b24-14+;. The van der Waals surface area contributed by atoms with Crippen molar-refractivity contribution in [2.75, 3.05) is 13.7 Å². The van der Waals surface area contributed by atoms with E-state index in [0.717, 1.165) is 0 Å². The van der Waals surface area contributed by atoms with Crippen LogP contribution in [0.15, 0.2) is 61.7 Å². The zero-order valence-electron chi connectivity index (χ0n) is 20.1. The third-order valence-electron chi connectivity index (χ3n) is 6.77. The summed E-state index contributed by atoms with van der Waals surface area (Å²) < 4.78 is 54.4. The summed E-state index contributed by atoms with van der Waals surface area (Å²) in [6.45, 7) is 13.3. The van der Waals surface area contributed by atoms with Gasteiger partial charge in [0, 0.05) is 11.6 Å². The summed E-state index contributed by atoms with van der Waals surface area (Å²) in [5, 5.41) is 9.66. The van der Waals surface area contributed by atoms with E-state index in [2.05, 4.69) is 26.3 Å². The monoisotopic (exact) mass is 478 g/mol. The molecule has 188 valence electrons. The zero-order valence-corrected chi connectivity index (χ0v) is 20.1. The number of ether oxygens (including phenoxy) is 2. The number of rotatable bonds is 8. The maximum Gasteiger partial charge on any atom is 0.162 e. The van der Waals surface area contributed by atoms with E-state index < -0.39 is 17.5 Å². The summed E-state index contributed by atoms with van der Waals surface area (Å²) in [7, 11) is 1.41. The molecule has 2 saturated carbocycles. The van der Waals surface area contributed by atoms with Gasteiger partial charge in [-0.25, -0.2) is 13.2 Å². The van der Waals surface area contributed by atoms with Crippen LogP contribution in [0, 0.1) is 11.6 Å². The highest BCUT2D eigenvalue weighted by atomic mass is 19.2. The van der Waals surface area contributed by atoms with Crippen molar-refractivity contribution in [3.05, 3.63) is 84.4 Å². The maximum absolute atomic E-state index is 14.9. The third kappa shape index (κ3) is 7.34. The predicted octanol–water partition coefficient (Wildman–Crippen LogP) is 7.40. The molecule has 6 heteroatoms. The van der Waals surface area contributed by atoms with Gasteiger partial charge in [0.05, 0.1) is 25.9 Å². The number of aliphatic hydroxyl groups excluding tert-OH is 1. The molecule has 2 aliphatic rings. The van der Waals surface area contributed by atoms with Crippen LogP contribution in [-0.4, -0.2) is 31.0 Å². The van der Waals surface area contributed by atoms with Gasteiger partial charge in [-0.1, -0.05) is 25.3 Å². The van der Waals surface area contributed by atoms with Gasteiger partial charge in [-0.05, 0) is 74.3 Å². The van der Waals surface area contributed by atoms with Crippen molar-refractivity contribution in [1.82, 2.24) is 0 Å². The van der Waals surface area contributed by atoms with E-state index in [1.165, 1.54) is 13.2 Å². The zero-order chi connectivity index (χ0) is 25.3. The van der Waals surface area contributed by atoms with Gasteiger partial charge in [0.15, 0.2) is 11.6 Å². The molecule has 0 radical (unpaired) electrons. The number of hydrogen-bond donors (Lipinski definition) is 1. The Balaban J connectivity index is 0.00000199. The van der Waals surface area contributed by atoms with Crippen molar-refractivity contribution in [3.8, 4) is 0 Å². The maximum atomic E-state index is 14.9. The quantitative estimate of drug-likeness (QED) is 0.240. The van der Waals surface area contributed by atoms with E-state index in [4.69, 9.17) is 9.47 Å². The number of allylic oxidation sites excluding steroid dienone is 1. The molecule has 0 atom stereocenters. The van der Waals surface area contributed by atoms with Crippen molar-refractivity contribution >= 4 is 0 Å². The Morgan fingerprint density at radius 2 is 1.41 bits per heavy atom. The fourth-order valence-electron chi connectivity index (χ4n) is 4.73. The van der Waals surface area contributed by atoms with Crippen molar-refractivity contribution < 1.29 is 27.8 Å². The molecular weight excluding hydrogens is 441 g/mol. The van der Waals surface area contributed by atoms with Crippen molar-refractivity contribution in [2.24, 2.45) is 0 Å². The van der Waals surface area contributed by atoms with Crippen molar-refractivity contribution in [1.29, 1.82) is 0 Å². The average molecular weight is 479 g/mol. The first-order valence-electron chi connectivity index (χ1n) is 11.9. The summed E-state index contributed by atoms with van der Waals surface area (Å²) >= 11 is 0. The van der Waals surface area contributed by atoms with E-state index in [1.54, 1.807) is 12.1 Å². The first-order chi connectivity index (χ1) is 16.3. The van der Waals surface area contributed by atoms with Crippen LogP contribution in [0.25, 0.3) is 0 Å². The second-order valence-corrected chi connectivity index (χ2v) is 8.93. The van der Waals surface area contributed by atoms with E-state index in [9.17, 15) is 18.3 Å². The first-order valence-corrected chi connectivity index (χ1v) is 11.9. The molecule has 34 heavy (non-hydrogen) atoms. The van der Waals surface area contributed by atoms with Gasteiger partial charge < -0.3 is 14.6 Å². The molecule has 0 aromatic heterocycles. The van der Waals surface area contributed by atoms with Gasteiger partial charge >= 0.3 is 0 Å². The fraction of sp³-hybridized carbons (Fsp3) is 0.500.